The minimum Gasteiger partial charge on any atom is -0.493 e. The molecule has 0 saturated carbocycles. The van der Waals surface area contributed by atoms with Gasteiger partial charge in [0.05, 0.1) is 14.2 Å². The Morgan fingerprint density at radius 1 is 1.22 bits per heavy atom. The van der Waals surface area contributed by atoms with Gasteiger partial charge >= 0.3 is 0 Å². The van der Waals surface area contributed by atoms with Crippen molar-refractivity contribution in [3.8, 4) is 11.5 Å². The van der Waals surface area contributed by atoms with Crippen LogP contribution >= 0.6 is 0 Å². The van der Waals surface area contributed by atoms with Crippen LogP contribution in [-0.2, 0) is 0 Å². The Balaban J connectivity index is 2.76. The zero-order valence-corrected chi connectivity index (χ0v) is 11.8. The van der Waals surface area contributed by atoms with Gasteiger partial charge in [0.2, 0.25) is 0 Å². The van der Waals surface area contributed by atoms with Crippen molar-refractivity contribution in [2.75, 3.05) is 39.3 Å². The van der Waals surface area contributed by atoms with E-state index >= 15 is 0 Å². The lowest BCUT2D eigenvalue weighted by Crippen LogP contribution is -2.25. The molecular formula is C14H24N2O2. The van der Waals surface area contributed by atoms with E-state index in [0.29, 0.717) is 5.92 Å². The smallest absolute Gasteiger partial charge is 0.162 e. The first kappa shape index (κ1) is 14.6. The van der Waals surface area contributed by atoms with Crippen molar-refractivity contribution >= 4 is 5.69 Å². The third kappa shape index (κ3) is 3.81. The van der Waals surface area contributed by atoms with Gasteiger partial charge in [0.1, 0.15) is 0 Å². The highest BCUT2D eigenvalue weighted by molar-refractivity contribution is 5.56. The molecule has 1 rings (SSSR count). The van der Waals surface area contributed by atoms with Crippen LogP contribution in [0.15, 0.2) is 18.2 Å². The Morgan fingerprint density at radius 2 is 1.89 bits per heavy atom. The highest BCUT2D eigenvalue weighted by Crippen LogP contribution is 2.31. The summed E-state index contributed by atoms with van der Waals surface area (Å²) in [5.41, 5.74) is 6.69. The molecule has 0 fully saturated rings. The van der Waals surface area contributed by atoms with Crippen LogP contribution in [0.25, 0.3) is 0 Å². The van der Waals surface area contributed by atoms with Crippen LogP contribution in [0.5, 0.6) is 11.5 Å². The Labute approximate surface area is 110 Å². The Morgan fingerprint density at radius 3 is 2.44 bits per heavy atom. The number of methoxy groups -OCH3 is 2. The van der Waals surface area contributed by atoms with Crippen LogP contribution in [0.1, 0.15) is 13.3 Å². The van der Waals surface area contributed by atoms with E-state index < -0.39 is 0 Å². The normalized spacial score (nSPS) is 12.1. The van der Waals surface area contributed by atoms with Crippen LogP contribution in [0.4, 0.5) is 5.69 Å². The molecule has 0 aliphatic heterocycles. The summed E-state index contributed by atoms with van der Waals surface area (Å²) in [6, 6.07) is 5.96. The second kappa shape index (κ2) is 7.11. The number of hydrogen-bond acceptors (Lipinski definition) is 4. The van der Waals surface area contributed by atoms with Crippen LogP contribution < -0.4 is 20.1 Å². The quantitative estimate of drug-likeness (QED) is 0.807. The average Bonchev–Trinajstić information content (AvgIpc) is 2.38. The first-order chi connectivity index (χ1) is 8.62. The predicted molar refractivity (Wildman–Crippen MR) is 75.7 cm³/mol. The van der Waals surface area contributed by atoms with Crippen molar-refractivity contribution in [3.05, 3.63) is 18.2 Å². The first-order valence-electron chi connectivity index (χ1n) is 6.25. The van der Waals surface area contributed by atoms with Gasteiger partial charge in [-0.05, 0) is 31.0 Å². The lowest BCUT2D eigenvalue weighted by atomic mass is 10.1. The van der Waals surface area contributed by atoms with Gasteiger partial charge in [0.15, 0.2) is 11.5 Å². The van der Waals surface area contributed by atoms with Gasteiger partial charge in [-0.15, -0.1) is 0 Å². The van der Waals surface area contributed by atoms with Crippen molar-refractivity contribution < 1.29 is 9.47 Å². The van der Waals surface area contributed by atoms with E-state index in [-0.39, 0.29) is 0 Å². The lowest BCUT2D eigenvalue weighted by molar-refractivity contribution is 0.355. The second-order valence-electron chi connectivity index (χ2n) is 4.60. The van der Waals surface area contributed by atoms with Crippen molar-refractivity contribution in [3.63, 3.8) is 0 Å². The summed E-state index contributed by atoms with van der Waals surface area (Å²) in [6.07, 6.45) is 1.04. The average molecular weight is 252 g/mol. The lowest BCUT2D eigenvalue weighted by Gasteiger charge is -2.24. The molecule has 102 valence electrons. The van der Waals surface area contributed by atoms with E-state index in [1.165, 1.54) is 0 Å². The summed E-state index contributed by atoms with van der Waals surface area (Å²) in [4.78, 5) is 2.21. The molecule has 0 heterocycles. The second-order valence-corrected chi connectivity index (χ2v) is 4.60. The molecule has 0 bridgehead atoms. The number of ether oxygens (including phenoxy) is 2. The molecule has 0 aliphatic carbocycles. The van der Waals surface area contributed by atoms with Crippen LogP contribution in [0.3, 0.4) is 0 Å². The maximum absolute atomic E-state index is 5.57. The number of nitrogens with two attached hydrogens (primary N) is 1. The monoisotopic (exact) mass is 252 g/mol. The highest BCUT2D eigenvalue weighted by atomic mass is 16.5. The Hall–Kier alpha value is -1.42. The fraction of sp³-hybridized carbons (Fsp3) is 0.571. The van der Waals surface area contributed by atoms with Gasteiger partial charge in [0, 0.05) is 25.3 Å². The van der Waals surface area contributed by atoms with Gasteiger partial charge in [-0.2, -0.15) is 0 Å². The topological polar surface area (TPSA) is 47.7 Å². The molecule has 4 nitrogen and oxygen atoms in total. The maximum Gasteiger partial charge on any atom is 0.162 e. The molecule has 1 atom stereocenters. The maximum atomic E-state index is 5.57. The summed E-state index contributed by atoms with van der Waals surface area (Å²) < 4.78 is 10.5. The van der Waals surface area contributed by atoms with E-state index in [9.17, 15) is 0 Å². The van der Waals surface area contributed by atoms with E-state index in [1.54, 1.807) is 14.2 Å². The zero-order valence-electron chi connectivity index (χ0n) is 11.8. The standard InChI is InChI=1S/C14H24N2O2/c1-11(7-8-15)10-16(2)12-5-6-13(17-3)14(9-12)18-4/h5-6,9,11H,7-8,10,15H2,1-4H3. The molecule has 2 N–H and O–H groups in total. The molecule has 4 heteroatoms. The molecular weight excluding hydrogens is 228 g/mol. The summed E-state index contributed by atoms with van der Waals surface area (Å²) in [6.45, 7) is 3.93. The molecule has 0 spiro atoms. The fourth-order valence-corrected chi connectivity index (χ4v) is 2.01. The predicted octanol–water partition coefficient (Wildman–Crippen LogP) is 2.12. The van der Waals surface area contributed by atoms with Gasteiger partial charge in [-0.3, -0.25) is 0 Å². The first-order valence-corrected chi connectivity index (χ1v) is 6.25. The van der Waals surface area contributed by atoms with Crippen molar-refractivity contribution in [2.24, 2.45) is 11.7 Å². The van der Waals surface area contributed by atoms with Crippen molar-refractivity contribution in [2.45, 2.75) is 13.3 Å². The molecule has 1 unspecified atom stereocenters. The molecule has 0 aliphatic rings. The minimum atomic E-state index is 0.577. The van der Waals surface area contributed by atoms with E-state index in [0.717, 1.165) is 36.7 Å². The van der Waals surface area contributed by atoms with Crippen LogP contribution in [-0.4, -0.2) is 34.4 Å². The zero-order chi connectivity index (χ0) is 13.5. The largest absolute Gasteiger partial charge is 0.493 e. The molecule has 0 aromatic heterocycles. The SMILES string of the molecule is COc1ccc(N(C)CC(C)CCN)cc1OC. The summed E-state index contributed by atoms with van der Waals surface area (Å²) >= 11 is 0. The molecule has 0 radical (unpaired) electrons. The molecule has 18 heavy (non-hydrogen) atoms. The summed E-state index contributed by atoms with van der Waals surface area (Å²) in [5.74, 6) is 2.09. The number of nitrogens with zero attached hydrogens (tertiary/aromatic N) is 1. The van der Waals surface area contributed by atoms with Crippen molar-refractivity contribution in [1.82, 2.24) is 0 Å². The minimum absolute atomic E-state index is 0.577. The van der Waals surface area contributed by atoms with E-state index in [4.69, 9.17) is 15.2 Å². The number of anilines is 1. The summed E-state index contributed by atoms with van der Waals surface area (Å²) in [7, 11) is 5.37. The molecule has 1 aromatic rings. The number of hydrogen-bond donors (Lipinski definition) is 1. The van der Waals surface area contributed by atoms with E-state index in [1.807, 2.05) is 18.2 Å². The van der Waals surface area contributed by atoms with Crippen LogP contribution in [0.2, 0.25) is 0 Å². The fourth-order valence-electron chi connectivity index (χ4n) is 2.01. The molecule has 0 amide bonds. The summed E-state index contributed by atoms with van der Waals surface area (Å²) in [5, 5.41) is 0. The van der Waals surface area contributed by atoms with Gasteiger partial charge < -0.3 is 20.1 Å². The number of benzene rings is 1. The molecule has 0 saturated heterocycles. The third-order valence-electron chi connectivity index (χ3n) is 3.05. The third-order valence-corrected chi connectivity index (χ3v) is 3.05. The van der Waals surface area contributed by atoms with Gasteiger partial charge in [0.25, 0.3) is 0 Å². The van der Waals surface area contributed by atoms with Gasteiger partial charge in [-0.25, -0.2) is 0 Å². The Kier molecular flexibility index (Phi) is 5.78. The Bertz CT molecular complexity index is 369. The van der Waals surface area contributed by atoms with Crippen molar-refractivity contribution in [1.29, 1.82) is 0 Å². The van der Waals surface area contributed by atoms with E-state index in [2.05, 4.69) is 18.9 Å². The van der Waals surface area contributed by atoms with Gasteiger partial charge in [-0.1, -0.05) is 6.92 Å². The van der Waals surface area contributed by atoms with Crippen LogP contribution in [0, 0.1) is 5.92 Å². The molecule has 1 aromatic carbocycles. The highest BCUT2D eigenvalue weighted by Gasteiger charge is 2.10. The number of rotatable bonds is 7.